The van der Waals surface area contributed by atoms with Crippen LogP contribution in [0, 0.1) is 27.7 Å². The molecule has 1 atom stereocenters. The zero-order valence-electron chi connectivity index (χ0n) is 18.9. The summed E-state index contributed by atoms with van der Waals surface area (Å²) in [6.07, 6.45) is -0.721. The Morgan fingerprint density at radius 3 is 2.22 bits per heavy atom. The number of amides is 1. The third-order valence-corrected chi connectivity index (χ3v) is 6.54. The molecule has 0 heterocycles. The standard InChI is InChI=1S/C25H28N2O4S/c1-16-7-6-8-22(14-16)27-32(29,30)23-11-9-21(10-12-23)26-25(28)20(5)31-24-15-17(2)13-18(3)19(24)4/h6-15,20,27H,1-5H3,(H,26,28). The molecule has 7 heteroatoms. The Bertz CT molecular complexity index is 1240. The number of benzene rings is 3. The third-order valence-electron chi connectivity index (χ3n) is 5.14. The maximum atomic E-state index is 12.6. The Morgan fingerprint density at radius 1 is 0.875 bits per heavy atom. The predicted octanol–water partition coefficient (Wildman–Crippen LogP) is 5.13. The molecule has 0 aliphatic carbocycles. The van der Waals surface area contributed by atoms with Crippen LogP contribution in [0.25, 0.3) is 0 Å². The Hall–Kier alpha value is -3.32. The molecular formula is C25H28N2O4S. The van der Waals surface area contributed by atoms with Crippen LogP contribution < -0.4 is 14.8 Å². The lowest BCUT2D eigenvalue weighted by Gasteiger charge is -2.18. The summed E-state index contributed by atoms with van der Waals surface area (Å²) in [5.74, 6) is 0.353. The molecule has 168 valence electrons. The van der Waals surface area contributed by atoms with Crippen molar-refractivity contribution in [2.24, 2.45) is 0 Å². The van der Waals surface area contributed by atoms with Crippen LogP contribution in [-0.4, -0.2) is 20.4 Å². The molecule has 0 spiro atoms. The van der Waals surface area contributed by atoms with Crippen molar-refractivity contribution in [3.63, 3.8) is 0 Å². The van der Waals surface area contributed by atoms with E-state index in [9.17, 15) is 13.2 Å². The summed E-state index contributed by atoms with van der Waals surface area (Å²) in [5.41, 5.74) is 5.09. The predicted molar refractivity (Wildman–Crippen MR) is 128 cm³/mol. The highest BCUT2D eigenvalue weighted by Gasteiger charge is 2.18. The average molecular weight is 453 g/mol. The average Bonchev–Trinajstić information content (AvgIpc) is 2.71. The number of hydrogen-bond acceptors (Lipinski definition) is 4. The number of ether oxygens (including phenoxy) is 1. The van der Waals surface area contributed by atoms with Crippen molar-refractivity contribution < 1.29 is 17.9 Å². The first kappa shape index (κ1) is 23.3. The van der Waals surface area contributed by atoms with E-state index in [1.54, 1.807) is 37.3 Å². The first-order chi connectivity index (χ1) is 15.0. The van der Waals surface area contributed by atoms with Gasteiger partial charge in [-0.25, -0.2) is 8.42 Å². The molecule has 0 bridgehead atoms. The lowest BCUT2D eigenvalue weighted by atomic mass is 10.1. The summed E-state index contributed by atoms with van der Waals surface area (Å²) in [6.45, 7) is 9.51. The van der Waals surface area contributed by atoms with Gasteiger partial charge in [-0.05, 0) is 99.3 Å². The van der Waals surface area contributed by atoms with Gasteiger partial charge in [-0.15, -0.1) is 0 Å². The van der Waals surface area contributed by atoms with Crippen LogP contribution in [-0.2, 0) is 14.8 Å². The summed E-state index contributed by atoms with van der Waals surface area (Å²) in [5, 5.41) is 2.77. The van der Waals surface area contributed by atoms with E-state index in [1.807, 2.05) is 39.8 Å². The van der Waals surface area contributed by atoms with Gasteiger partial charge in [0.1, 0.15) is 5.75 Å². The normalized spacial score (nSPS) is 12.2. The Morgan fingerprint density at radius 2 is 1.56 bits per heavy atom. The first-order valence-corrected chi connectivity index (χ1v) is 11.8. The molecule has 3 rings (SSSR count). The van der Waals surface area contributed by atoms with E-state index in [1.165, 1.54) is 12.1 Å². The Labute approximate surface area is 189 Å². The van der Waals surface area contributed by atoms with Gasteiger partial charge in [0.2, 0.25) is 0 Å². The molecule has 0 saturated carbocycles. The van der Waals surface area contributed by atoms with E-state index in [0.29, 0.717) is 17.1 Å². The number of rotatable bonds is 7. The quantitative estimate of drug-likeness (QED) is 0.521. The second-order valence-electron chi connectivity index (χ2n) is 7.95. The van der Waals surface area contributed by atoms with E-state index >= 15 is 0 Å². The third kappa shape index (κ3) is 5.68. The van der Waals surface area contributed by atoms with Crippen LogP contribution in [0.3, 0.4) is 0 Å². The number of nitrogens with one attached hydrogen (secondary N) is 2. The minimum absolute atomic E-state index is 0.104. The molecule has 0 aromatic heterocycles. The zero-order valence-corrected chi connectivity index (χ0v) is 19.7. The van der Waals surface area contributed by atoms with Crippen LogP contribution in [0.15, 0.2) is 65.6 Å². The van der Waals surface area contributed by atoms with Crippen molar-refractivity contribution in [1.29, 1.82) is 0 Å². The molecule has 3 aromatic carbocycles. The number of carbonyl (C=O) groups is 1. The van der Waals surface area contributed by atoms with Crippen molar-refractivity contribution in [3.8, 4) is 5.75 Å². The summed E-state index contributed by atoms with van der Waals surface area (Å²) in [4.78, 5) is 12.7. The van der Waals surface area contributed by atoms with Crippen molar-refractivity contribution in [1.82, 2.24) is 0 Å². The van der Waals surface area contributed by atoms with Gasteiger partial charge in [-0.1, -0.05) is 18.2 Å². The fraction of sp³-hybridized carbons (Fsp3) is 0.240. The lowest BCUT2D eigenvalue weighted by Crippen LogP contribution is -2.30. The van der Waals surface area contributed by atoms with Gasteiger partial charge >= 0.3 is 0 Å². The highest BCUT2D eigenvalue weighted by molar-refractivity contribution is 7.92. The second-order valence-corrected chi connectivity index (χ2v) is 9.64. The minimum Gasteiger partial charge on any atom is -0.481 e. The van der Waals surface area contributed by atoms with Gasteiger partial charge in [0.25, 0.3) is 15.9 Å². The first-order valence-electron chi connectivity index (χ1n) is 10.3. The fourth-order valence-corrected chi connectivity index (χ4v) is 4.30. The van der Waals surface area contributed by atoms with E-state index in [2.05, 4.69) is 16.1 Å². The topological polar surface area (TPSA) is 84.5 Å². The molecule has 0 saturated heterocycles. The van der Waals surface area contributed by atoms with Crippen molar-refractivity contribution in [2.75, 3.05) is 10.0 Å². The Balaban J connectivity index is 1.66. The molecule has 3 aromatic rings. The molecule has 6 nitrogen and oxygen atoms in total. The molecule has 0 radical (unpaired) electrons. The van der Waals surface area contributed by atoms with E-state index < -0.39 is 16.1 Å². The van der Waals surface area contributed by atoms with Crippen molar-refractivity contribution in [3.05, 3.63) is 82.9 Å². The maximum Gasteiger partial charge on any atom is 0.265 e. The van der Waals surface area contributed by atoms with Crippen molar-refractivity contribution in [2.45, 2.75) is 45.6 Å². The summed E-state index contributed by atoms with van der Waals surface area (Å²) >= 11 is 0. The fourth-order valence-electron chi connectivity index (χ4n) is 3.25. The molecular weight excluding hydrogens is 424 g/mol. The smallest absolute Gasteiger partial charge is 0.265 e. The van der Waals surface area contributed by atoms with Gasteiger partial charge in [0, 0.05) is 11.4 Å². The SMILES string of the molecule is Cc1cccc(NS(=O)(=O)c2ccc(NC(=O)C(C)Oc3cc(C)cc(C)c3C)cc2)c1. The zero-order chi connectivity index (χ0) is 23.5. The van der Waals surface area contributed by atoms with Gasteiger partial charge < -0.3 is 10.1 Å². The molecule has 1 amide bonds. The molecule has 0 aliphatic heterocycles. The van der Waals surface area contributed by atoms with Gasteiger partial charge in [0.05, 0.1) is 4.90 Å². The molecule has 2 N–H and O–H groups in total. The highest BCUT2D eigenvalue weighted by atomic mass is 32.2. The van der Waals surface area contributed by atoms with Gasteiger partial charge in [-0.3, -0.25) is 9.52 Å². The van der Waals surface area contributed by atoms with Crippen LogP contribution in [0.5, 0.6) is 5.75 Å². The monoisotopic (exact) mass is 452 g/mol. The second kappa shape index (κ2) is 9.44. The number of carbonyl (C=O) groups excluding carboxylic acids is 1. The van der Waals surface area contributed by atoms with E-state index in [4.69, 9.17) is 4.74 Å². The Kier molecular flexibility index (Phi) is 6.89. The lowest BCUT2D eigenvalue weighted by molar-refractivity contribution is -0.122. The minimum atomic E-state index is -3.73. The maximum absolute atomic E-state index is 12.6. The van der Waals surface area contributed by atoms with Gasteiger partial charge in [0.15, 0.2) is 6.10 Å². The van der Waals surface area contributed by atoms with E-state index in [-0.39, 0.29) is 10.8 Å². The van der Waals surface area contributed by atoms with E-state index in [0.717, 1.165) is 22.3 Å². The largest absolute Gasteiger partial charge is 0.481 e. The van der Waals surface area contributed by atoms with Crippen molar-refractivity contribution >= 4 is 27.3 Å². The summed E-state index contributed by atoms with van der Waals surface area (Å²) in [7, 11) is -3.73. The summed E-state index contributed by atoms with van der Waals surface area (Å²) < 4.78 is 33.7. The number of anilines is 2. The van der Waals surface area contributed by atoms with Gasteiger partial charge in [-0.2, -0.15) is 0 Å². The highest BCUT2D eigenvalue weighted by Crippen LogP contribution is 2.25. The number of aryl methyl sites for hydroxylation is 3. The molecule has 1 unspecified atom stereocenters. The summed E-state index contributed by atoms with van der Waals surface area (Å²) in [6, 6.07) is 17.1. The van der Waals surface area contributed by atoms with Crippen LogP contribution in [0.4, 0.5) is 11.4 Å². The molecule has 32 heavy (non-hydrogen) atoms. The van der Waals surface area contributed by atoms with Crippen LogP contribution >= 0.6 is 0 Å². The van der Waals surface area contributed by atoms with Crippen LogP contribution in [0.1, 0.15) is 29.2 Å². The molecule has 0 aliphatic rings. The number of hydrogen-bond donors (Lipinski definition) is 2. The van der Waals surface area contributed by atoms with Crippen LogP contribution in [0.2, 0.25) is 0 Å². The molecule has 0 fully saturated rings. The number of sulfonamides is 1.